The van der Waals surface area contributed by atoms with Gasteiger partial charge in [-0.15, -0.1) is 11.3 Å². The predicted molar refractivity (Wildman–Crippen MR) is 87.8 cm³/mol. The Morgan fingerprint density at radius 1 is 1.00 bits per heavy atom. The Bertz CT molecular complexity index is 649. The first-order valence-electron chi connectivity index (χ1n) is 6.68. The van der Waals surface area contributed by atoms with E-state index in [1.54, 1.807) is 12.1 Å². The van der Waals surface area contributed by atoms with Crippen molar-refractivity contribution in [1.82, 2.24) is 0 Å². The molecule has 0 radical (unpaired) electrons. The summed E-state index contributed by atoms with van der Waals surface area (Å²) in [7, 11) is 4.61. The van der Waals surface area contributed by atoms with Crippen LogP contribution in [0.1, 0.15) is 20.1 Å². The van der Waals surface area contributed by atoms with Gasteiger partial charge in [-0.2, -0.15) is 0 Å². The second-order valence-corrected chi connectivity index (χ2v) is 5.97. The molecule has 1 aromatic carbocycles. The first kappa shape index (κ1) is 16.2. The molecule has 118 valence electrons. The van der Waals surface area contributed by atoms with Crippen LogP contribution in [0.3, 0.4) is 0 Å². The van der Waals surface area contributed by atoms with E-state index >= 15 is 0 Å². The number of hydrogen-bond donors (Lipinski definition) is 1. The lowest BCUT2D eigenvalue weighted by molar-refractivity contribution is 0.103. The highest BCUT2D eigenvalue weighted by atomic mass is 32.1. The van der Waals surface area contributed by atoms with Crippen molar-refractivity contribution in [3.63, 3.8) is 0 Å². The van der Waals surface area contributed by atoms with E-state index in [0.717, 1.165) is 10.4 Å². The Balaban J connectivity index is 2.31. The van der Waals surface area contributed by atoms with Gasteiger partial charge in [-0.1, -0.05) is 0 Å². The quantitative estimate of drug-likeness (QED) is 0.913. The summed E-state index contributed by atoms with van der Waals surface area (Å²) in [6.07, 6.45) is 0. The van der Waals surface area contributed by atoms with Gasteiger partial charge >= 0.3 is 0 Å². The molecule has 22 heavy (non-hydrogen) atoms. The van der Waals surface area contributed by atoms with Gasteiger partial charge in [-0.3, -0.25) is 4.79 Å². The minimum atomic E-state index is -0.157. The zero-order valence-corrected chi connectivity index (χ0v) is 14.1. The van der Waals surface area contributed by atoms with Gasteiger partial charge in [0.05, 0.1) is 26.2 Å². The number of carbonyl (C=O) groups excluding carboxylic acids is 1. The maximum atomic E-state index is 12.3. The summed E-state index contributed by atoms with van der Waals surface area (Å²) >= 11 is 1.47. The summed E-state index contributed by atoms with van der Waals surface area (Å²) in [5.74, 6) is 1.33. The van der Waals surface area contributed by atoms with Gasteiger partial charge in [0.1, 0.15) is 0 Å². The molecule has 0 saturated carbocycles. The van der Waals surface area contributed by atoms with E-state index < -0.39 is 0 Å². The summed E-state index contributed by atoms with van der Waals surface area (Å²) in [6.45, 7) is 3.98. The zero-order valence-electron chi connectivity index (χ0n) is 13.3. The fraction of sp³-hybridized carbons (Fsp3) is 0.312. The lowest BCUT2D eigenvalue weighted by Crippen LogP contribution is -2.10. The van der Waals surface area contributed by atoms with E-state index in [4.69, 9.17) is 14.2 Å². The van der Waals surface area contributed by atoms with Crippen LogP contribution in [0.5, 0.6) is 17.2 Å². The topological polar surface area (TPSA) is 56.8 Å². The van der Waals surface area contributed by atoms with Crippen molar-refractivity contribution in [2.24, 2.45) is 0 Å². The normalized spacial score (nSPS) is 10.2. The maximum Gasteiger partial charge on any atom is 0.265 e. The molecular formula is C16H19NO4S. The summed E-state index contributed by atoms with van der Waals surface area (Å²) in [4.78, 5) is 14.1. The van der Waals surface area contributed by atoms with Gasteiger partial charge in [0.25, 0.3) is 5.91 Å². The number of benzene rings is 1. The third-order valence-electron chi connectivity index (χ3n) is 3.31. The molecule has 0 aliphatic rings. The summed E-state index contributed by atoms with van der Waals surface area (Å²) < 4.78 is 15.8. The molecule has 0 fully saturated rings. The number of rotatable bonds is 5. The number of methoxy groups -OCH3 is 3. The monoisotopic (exact) mass is 321 g/mol. The van der Waals surface area contributed by atoms with E-state index in [9.17, 15) is 4.79 Å². The van der Waals surface area contributed by atoms with Crippen molar-refractivity contribution in [2.45, 2.75) is 13.8 Å². The van der Waals surface area contributed by atoms with Crippen molar-refractivity contribution in [2.75, 3.05) is 26.6 Å². The van der Waals surface area contributed by atoms with Crippen molar-refractivity contribution in [3.05, 3.63) is 33.5 Å². The molecule has 6 heteroatoms. The summed E-state index contributed by atoms with van der Waals surface area (Å²) in [5, 5.41) is 2.86. The number of amides is 1. The number of aryl methyl sites for hydroxylation is 2. The fourth-order valence-corrected chi connectivity index (χ4v) is 2.96. The minimum Gasteiger partial charge on any atom is -0.493 e. The Kier molecular flexibility index (Phi) is 4.92. The van der Waals surface area contributed by atoms with Crippen LogP contribution in [-0.2, 0) is 0 Å². The van der Waals surface area contributed by atoms with Gasteiger partial charge in [-0.25, -0.2) is 0 Å². The standard InChI is InChI=1S/C16H19NO4S/c1-9-6-14(22-10(9)2)16(18)17-11-7-12(19-3)15(21-5)13(8-11)20-4/h6-8H,1-5H3,(H,17,18). The van der Waals surface area contributed by atoms with Gasteiger partial charge in [0, 0.05) is 22.7 Å². The van der Waals surface area contributed by atoms with Crippen LogP contribution in [0.4, 0.5) is 5.69 Å². The van der Waals surface area contributed by atoms with E-state index in [0.29, 0.717) is 27.8 Å². The Morgan fingerprint density at radius 2 is 1.59 bits per heavy atom. The third kappa shape index (κ3) is 3.17. The molecule has 0 atom stereocenters. The second kappa shape index (κ2) is 6.70. The largest absolute Gasteiger partial charge is 0.493 e. The smallest absolute Gasteiger partial charge is 0.265 e. The molecule has 0 aliphatic heterocycles. The molecule has 1 amide bonds. The van der Waals surface area contributed by atoms with Crippen LogP contribution in [-0.4, -0.2) is 27.2 Å². The van der Waals surface area contributed by atoms with E-state index in [-0.39, 0.29) is 5.91 Å². The number of hydrogen-bond acceptors (Lipinski definition) is 5. The lowest BCUT2D eigenvalue weighted by Gasteiger charge is -2.14. The molecule has 1 aromatic heterocycles. The van der Waals surface area contributed by atoms with Crippen LogP contribution in [0.25, 0.3) is 0 Å². The molecule has 0 bridgehead atoms. The van der Waals surface area contributed by atoms with E-state index in [1.165, 1.54) is 32.7 Å². The van der Waals surface area contributed by atoms with Gasteiger partial charge in [0.15, 0.2) is 11.5 Å². The minimum absolute atomic E-state index is 0.157. The number of nitrogens with one attached hydrogen (secondary N) is 1. The van der Waals surface area contributed by atoms with Crippen molar-refractivity contribution >= 4 is 22.9 Å². The first-order chi connectivity index (χ1) is 10.5. The second-order valence-electron chi connectivity index (χ2n) is 4.72. The Hall–Kier alpha value is -2.21. The highest BCUT2D eigenvalue weighted by molar-refractivity contribution is 7.14. The molecule has 1 heterocycles. The number of anilines is 1. The maximum absolute atomic E-state index is 12.3. The highest BCUT2D eigenvalue weighted by Crippen LogP contribution is 2.40. The van der Waals surface area contributed by atoms with E-state index in [2.05, 4.69) is 5.32 Å². The summed E-state index contributed by atoms with van der Waals surface area (Å²) in [5.41, 5.74) is 1.70. The lowest BCUT2D eigenvalue weighted by atomic mass is 10.2. The molecule has 5 nitrogen and oxygen atoms in total. The molecule has 0 unspecified atom stereocenters. The van der Waals surface area contributed by atoms with Crippen molar-refractivity contribution in [1.29, 1.82) is 0 Å². The van der Waals surface area contributed by atoms with Crippen LogP contribution in [0.2, 0.25) is 0 Å². The fourth-order valence-electron chi connectivity index (χ4n) is 2.03. The average Bonchev–Trinajstić information content (AvgIpc) is 2.85. The molecule has 0 spiro atoms. The highest BCUT2D eigenvalue weighted by Gasteiger charge is 2.16. The zero-order chi connectivity index (χ0) is 16.3. The van der Waals surface area contributed by atoms with E-state index in [1.807, 2.05) is 19.9 Å². The summed E-state index contributed by atoms with van der Waals surface area (Å²) in [6, 6.07) is 5.28. The van der Waals surface area contributed by atoms with Gasteiger partial charge in [0.2, 0.25) is 5.75 Å². The average molecular weight is 321 g/mol. The third-order valence-corrected chi connectivity index (χ3v) is 4.46. The van der Waals surface area contributed by atoms with Gasteiger partial charge in [-0.05, 0) is 25.5 Å². The molecular weight excluding hydrogens is 302 g/mol. The number of carbonyl (C=O) groups is 1. The van der Waals surface area contributed by atoms with Crippen LogP contribution in [0, 0.1) is 13.8 Å². The Morgan fingerprint density at radius 3 is 2.00 bits per heavy atom. The number of thiophene rings is 1. The van der Waals surface area contributed by atoms with Crippen LogP contribution in [0.15, 0.2) is 18.2 Å². The Labute approximate surface area is 133 Å². The van der Waals surface area contributed by atoms with Gasteiger partial charge < -0.3 is 19.5 Å². The number of ether oxygens (including phenoxy) is 3. The van der Waals surface area contributed by atoms with Crippen LogP contribution < -0.4 is 19.5 Å². The predicted octanol–water partition coefficient (Wildman–Crippen LogP) is 3.64. The molecule has 0 saturated heterocycles. The first-order valence-corrected chi connectivity index (χ1v) is 7.50. The molecule has 2 aromatic rings. The SMILES string of the molecule is COc1cc(NC(=O)c2cc(C)c(C)s2)cc(OC)c1OC. The van der Waals surface area contributed by atoms with Crippen LogP contribution >= 0.6 is 11.3 Å². The molecule has 2 rings (SSSR count). The molecule has 1 N–H and O–H groups in total. The van der Waals surface area contributed by atoms with Crippen molar-refractivity contribution < 1.29 is 19.0 Å². The van der Waals surface area contributed by atoms with Crippen molar-refractivity contribution in [3.8, 4) is 17.2 Å². The molecule has 0 aliphatic carbocycles.